The lowest BCUT2D eigenvalue weighted by atomic mass is 9.70. The number of piperidine rings is 2. The molecule has 1 aromatic rings. The highest BCUT2D eigenvalue weighted by molar-refractivity contribution is 14.1. The number of hydrogen-bond acceptors (Lipinski definition) is 5. The average molecular weight is 524 g/mol. The molecule has 30 heavy (non-hydrogen) atoms. The Morgan fingerprint density at radius 2 is 2.20 bits per heavy atom. The van der Waals surface area contributed by atoms with E-state index >= 15 is 0 Å². The highest BCUT2D eigenvalue weighted by Gasteiger charge is 2.55. The molecule has 0 unspecified atom stereocenters. The summed E-state index contributed by atoms with van der Waals surface area (Å²) in [7, 11) is 3.49. The van der Waals surface area contributed by atoms with Crippen molar-refractivity contribution in [3.05, 3.63) is 35.6 Å². The number of aliphatic imine (C=N–C) groups is 1. The van der Waals surface area contributed by atoms with E-state index in [-0.39, 0.29) is 6.04 Å². The number of nitrogens with zero attached hydrogens (tertiary/aromatic N) is 2. The summed E-state index contributed by atoms with van der Waals surface area (Å²) in [4.78, 5) is 7.85. The van der Waals surface area contributed by atoms with Crippen molar-refractivity contribution >= 4 is 34.0 Å². The van der Waals surface area contributed by atoms with Crippen LogP contribution in [0.15, 0.2) is 35.0 Å². The van der Waals surface area contributed by atoms with Crippen molar-refractivity contribution in [1.82, 2.24) is 4.90 Å². The predicted octanol–water partition coefficient (Wildman–Crippen LogP) is 5.10. The summed E-state index contributed by atoms with van der Waals surface area (Å²) in [6.45, 7) is 7.37. The Morgan fingerprint density at radius 3 is 2.90 bits per heavy atom. The summed E-state index contributed by atoms with van der Waals surface area (Å²) < 4.78 is 18.8. The molecular weight excluding hydrogens is 491 g/mol. The van der Waals surface area contributed by atoms with Crippen molar-refractivity contribution in [2.45, 2.75) is 44.8 Å². The monoisotopic (exact) mass is 524 g/mol. The number of methoxy groups -OCH3 is 2. The smallest absolute Gasteiger partial charge is 0.140 e. The molecule has 164 valence electrons. The van der Waals surface area contributed by atoms with Crippen LogP contribution < -0.4 is 4.74 Å². The van der Waals surface area contributed by atoms with E-state index in [0.717, 1.165) is 47.4 Å². The fraction of sp³-hybridized carbons (Fsp3) is 0.625. The minimum absolute atomic E-state index is 0.290. The third-order valence-corrected chi connectivity index (χ3v) is 7.58. The van der Waals surface area contributed by atoms with E-state index < -0.39 is 5.60 Å². The van der Waals surface area contributed by atoms with Crippen LogP contribution >= 0.6 is 22.6 Å². The van der Waals surface area contributed by atoms with Gasteiger partial charge in [0.2, 0.25) is 0 Å². The topological polar surface area (TPSA) is 43.3 Å². The third kappa shape index (κ3) is 3.58. The van der Waals surface area contributed by atoms with E-state index in [9.17, 15) is 0 Å². The Balaban J connectivity index is 1.75. The van der Waals surface area contributed by atoms with Gasteiger partial charge in [0.25, 0.3) is 0 Å². The van der Waals surface area contributed by atoms with E-state index in [1.165, 1.54) is 17.7 Å². The van der Waals surface area contributed by atoms with Gasteiger partial charge in [-0.1, -0.05) is 42.0 Å². The summed E-state index contributed by atoms with van der Waals surface area (Å²) in [6.07, 6.45) is 5.11. The molecule has 0 bridgehead atoms. The van der Waals surface area contributed by atoms with Gasteiger partial charge in [0, 0.05) is 17.5 Å². The van der Waals surface area contributed by atoms with Crippen molar-refractivity contribution < 1.29 is 14.2 Å². The Hall–Kier alpha value is -1.12. The predicted molar refractivity (Wildman–Crippen MR) is 129 cm³/mol. The maximum absolute atomic E-state index is 6.67. The first kappa shape index (κ1) is 22.1. The van der Waals surface area contributed by atoms with Crippen LogP contribution in [-0.2, 0) is 15.1 Å². The summed E-state index contributed by atoms with van der Waals surface area (Å²) in [5.41, 5.74) is 4.20. The van der Waals surface area contributed by atoms with E-state index in [2.05, 4.69) is 47.4 Å². The minimum Gasteiger partial charge on any atom is -0.504 e. The lowest BCUT2D eigenvalue weighted by Crippen LogP contribution is -2.61. The van der Waals surface area contributed by atoms with Gasteiger partial charge in [0.15, 0.2) is 0 Å². The molecular formula is C24H33IN2O3. The van der Waals surface area contributed by atoms with E-state index in [0.29, 0.717) is 18.4 Å². The van der Waals surface area contributed by atoms with Crippen LogP contribution in [0.4, 0.5) is 5.69 Å². The van der Waals surface area contributed by atoms with Gasteiger partial charge < -0.3 is 14.2 Å². The maximum Gasteiger partial charge on any atom is 0.140 e. The van der Waals surface area contributed by atoms with Crippen molar-refractivity contribution in [3.63, 3.8) is 0 Å². The van der Waals surface area contributed by atoms with E-state index in [1.807, 2.05) is 18.4 Å². The quantitative estimate of drug-likeness (QED) is 0.283. The van der Waals surface area contributed by atoms with Crippen molar-refractivity contribution in [2.24, 2.45) is 16.8 Å². The summed E-state index contributed by atoms with van der Waals surface area (Å²) in [5, 5.41) is 0. The van der Waals surface area contributed by atoms with Crippen LogP contribution in [0.1, 0.15) is 38.7 Å². The summed E-state index contributed by atoms with van der Waals surface area (Å²) in [6, 6.07) is 6.47. The molecule has 1 aromatic carbocycles. The first-order valence-electron chi connectivity index (χ1n) is 11.0. The first-order valence-corrected chi connectivity index (χ1v) is 12.5. The van der Waals surface area contributed by atoms with Crippen molar-refractivity contribution in [2.75, 3.05) is 38.3 Å². The van der Waals surface area contributed by atoms with Gasteiger partial charge in [-0.3, -0.25) is 9.89 Å². The SMILES string of the molecule is CC[C@@H]1CN2CC[C@@]3(OCCI)C(=Nc4cccc(OC)c43)[C@@H]2C[C@@H]1/C(C)=C\OC. The number of fused-ring (bicyclic) bond motifs is 5. The molecule has 2 saturated heterocycles. The minimum atomic E-state index is -0.462. The first-order chi connectivity index (χ1) is 14.6. The molecule has 0 radical (unpaired) electrons. The molecule has 6 heteroatoms. The fourth-order valence-electron chi connectivity index (χ4n) is 5.78. The number of allylic oxidation sites excluding steroid dienone is 1. The highest BCUT2D eigenvalue weighted by atomic mass is 127. The van der Waals surface area contributed by atoms with Gasteiger partial charge in [-0.2, -0.15) is 0 Å². The Morgan fingerprint density at radius 1 is 1.37 bits per heavy atom. The third-order valence-electron chi connectivity index (χ3n) is 7.14. The van der Waals surface area contributed by atoms with Gasteiger partial charge in [0.05, 0.1) is 50.1 Å². The van der Waals surface area contributed by atoms with Crippen LogP contribution in [0.25, 0.3) is 0 Å². The number of halogens is 1. The second-order valence-corrected chi connectivity index (χ2v) is 9.66. The largest absolute Gasteiger partial charge is 0.504 e. The Kier molecular flexibility index (Phi) is 6.75. The molecule has 0 aliphatic carbocycles. The van der Waals surface area contributed by atoms with Crippen molar-refractivity contribution in [1.29, 1.82) is 0 Å². The Bertz CT molecular complexity index is 840. The van der Waals surface area contributed by atoms with Crippen LogP contribution in [0, 0.1) is 11.8 Å². The zero-order valence-corrected chi connectivity index (χ0v) is 20.6. The number of ether oxygens (including phenoxy) is 3. The lowest BCUT2D eigenvalue weighted by molar-refractivity contribution is -0.0318. The maximum atomic E-state index is 6.67. The van der Waals surface area contributed by atoms with E-state index in [1.54, 1.807) is 14.2 Å². The zero-order valence-electron chi connectivity index (χ0n) is 18.5. The molecule has 3 aliphatic rings. The number of hydrogen-bond donors (Lipinski definition) is 0. The van der Waals surface area contributed by atoms with Crippen LogP contribution in [0.2, 0.25) is 0 Å². The van der Waals surface area contributed by atoms with Crippen LogP contribution in [0.3, 0.4) is 0 Å². The molecule has 5 nitrogen and oxygen atoms in total. The molecule has 3 heterocycles. The summed E-state index contributed by atoms with van der Waals surface area (Å²) in [5.74, 6) is 2.04. The van der Waals surface area contributed by atoms with E-state index in [4.69, 9.17) is 19.2 Å². The second kappa shape index (κ2) is 9.17. The highest BCUT2D eigenvalue weighted by Crippen LogP contribution is 2.53. The average Bonchev–Trinajstić information content (AvgIpc) is 3.12. The molecule has 0 amide bonds. The molecule has 0 spiro atoms. The standard InChI is InChI=1S/C24H33IN2O3/c1-5-17-14-27-11-9-24(30-12-10-25)22-19(7-6-8-21(22)29-4)26-23(24)20(27)13-18(17)16(2)15-28-3/h6-8,15,17-18,20H,5,9-14H2,1-4H3/b16-15-/t17-,18-,20+,24+/m1/s1. The zero-order chi connectivity index (χ0) is 21.3. The fourth-order valence-corrected chi connectivity index (χ4v) is 6.00. The van der Waals surface area contributed by atoms with Gasteiger partial charge in [-0.15, -0.1) is 0 Å². The summed E-state index contributed by atoms with van der Waals surface area (Å²) >= 11 is 2.39. The molecule has 3 aliphatic heterocycles. The second-order valence-electron chi connectivity index (χ2n) is 8.58. The van der Waals surface area contributed by atoms with Crippen molar-refractivity contribution in [3.8, 4) is 5.75 Å². The van der Waals surface area contributed by atoms with Crippen LogP contribution in [0.5, 0.6) is 5.75 Å². The van der Waals surface area contributed by atoms with Gasteiger partial charge in [0.1, 0.15) is 11.4 Å². The molecule has 0 aromatic heterocycles. The number of rotatable bonds is 7. The van der Waals surface area contributed by atoms with Crippen LogP contribution in [-0.4, -0.2) is 55.0 Å². The van der Waals surface area contributed by atoms with Gasteiger partial charge >= 0.3 is 0 Å². The van der Waals surface area contributed by atoms with Gasteiger partial charge in [-0.05, 0) is 49.3 Å². The molecule has 4 rings (SSSR count). The molecule has 2 fully saturated rings. The molecule has 4 atom stereocenters. The number of benzene rings is 1. The Labute approximate surface area is 194 Å². The molecule has 0 saturated carbocycles. The van der Waals surface area contributed by atoms with Gasteiger partial charge in [-0.25, -0.2) is 0 Å². The normalized spacial score (nSPS) is 30.9. The number of alkyl halides is 1. The lowest BCUT2D eigenvalue weighted by Gasteiger charge is -2.51. The molecule has 0 N–H and O–H groups in total.